The van der Waals surface area contributed by atoms with Crippen LogP contribution in [0.3, 0.4) is 0 Å². The number of anilines is 6. The van der Waals surface area contributed by atoms with E-state index in [0.29, 0.717) is 23.7 Å². The molecule has 0 aliphatic carbocycles. The van der Waals surface area contributed by atoms with Crippen LogP contribution in [0.1, 0.15) is 60.8 Å². The molecular weight excluding hydrogens is 639 g/mol. The first-order valence-corrected chi connectivity index (χ1v) is 18.0. The van der Waals surface area contributed by atoms with Crippen LogP contribution in [-0.4, -0.2) is 55.0 Å². The van der Waals surface area contributed by atoms with E-state index in [-0.39, 0.29) is 0 Å². The maximum absolute atomic E-state index is 5.84. The summed E-state index contributed by atoms with van der Waals surface area (Å²) >= 11 is 0. The molecule has 4 aromatic rings. The molecule has 2 saturated heterocycles. The number of furan rings is 2. The van der Waals surface area contributed by atoms with Gasteiger partial charge in [-0.05, 0) is 113 Å². The summed E-state index contributed by atoms with van der Waals surface area (Å²) in [7, 11) is 0. The molecule has 2 N–H and O–H groups in total. The third-order valence-electron chi connectivity index (χ3n) is 10.2. The second-order valence-electron chi connectivity index (χ2n) is 13.7. The van der Waals surface area contributed by atoms with E-state index in [1.807, 2.05) is 30.9 Å². The van der Waals surface area contributed by atoms with Crippen molar-refractivity contribution in [3.05, 3.63) is 101 Å². The lowest BCUT2D eigenvalue weighted by molar-refractivity contribution is 0.577. The molecule has 258 valence electrons. The van der Waals surface area contributed by atoms with E-state index in [9.17, 15) is 0 Å². The van der Waals surface area contributed by atoms with Gasteiger partial charge in [-0.25, -0.2) is 24.9 Å². The Morgan fingerprint density at radius 3 is 1.80 bits per heavy atom. The van der Waals surface area contributed by atoms with E-state index in [1.54, 1.807) is 12.5 Å². The lowest BCUT2D eigenvalue weighted by Crippen LogP contribution is -2.40. The maximum atomic E-state index is 5.84. The summed E-state index contributed by atoms with van der Waals surface area (Å²) in [6, 6.07) is 17.1. The summed E-state index contributed by atoms with van der Waals surface area (Å²) in [6.45, 7) is 8.30. The van der Waals surface area contributed by atoms with E-state index in [2.05, 4.69) is 79.0 Å². The van der Waals surface area contributed by atoms with Crippen LogP contribution in [-0.2, 0) is 0 Å². The monoisotopic (exact) mass is 679 g/mol. The van der Waals surface area contributed by atoms with Gasteiger partial charge in [0, 0.05) is 59.8 Å². The number of nitrogens with zero attached hydrogens (tertiary/aromatic N) is 7. The molecule has 11 heteroatoms. The highest BCUT2D eigenvalue weighted by molar-refractivity contribution is 6.24. The number of rotatable bonds is 8. The van der Waals surface area contributed by atoms with Crippen LogP contribution < -0.4 is 20.4 Å². The zero-order valence-corrected chi connectivity index (χ0v) is 29.0. The summed E-state index contributed by atoms with van der Waals surface area (Å²) in [5.74, 6) is 2.48. The molecule has 11 nitrogen and oxygen atoms in total. The Labute approximate surface area is 297 Å². The van der Waals surface area contributed by atoms with Gasteiger partial charge in [0.05, 0.1) is 41.0 Å². The summed E-state index contributed by atoms with van der Waals surface area (Å²) in [5, 5.41) is 7.16. The summed E-state index contributed by atoms with van der Waals surface area (Å²) in [6.07, 6.45) is 16.5. The first-order chi connectivity index (χ1) is 25.1. The van der Waals surface area contributed by atoms with Crippen molar-refractivity contribution in [2.24, 2.45) is 20.0 Å². The number of hydrogen-bond acceptors (Lipinski definition) is 11. The maximum Gasteiger partial charge on any atom is 0.239 e. The van der Waals surface area contributed by atoms with Crippen molar-refractivity contribution in [2.75, 3.05) is 46.6 Å². The Hall–Kier alpha value is -5.84. The molecule has 2 aromatic heterocycles. The topological polar surface area (TPSA) is 110 Å². The van der Waals surface area contributed by atoms with E-state index >= 15 is 0 Å². The molecule has 2 aromatic carbocycles. The average molecular weight is 680 g/mol. The molecule has 0 radical (unpaired) electrons. The minimum Gasteiger partial charge on any atom is -0.448 e. The van der Waals surface area contributed by atoms with Crippen molar-refractivity contribution in [1.82, 2.24) is 4.90 Å². The van der Waals surface area contributed by atoms with Crippen LogP contribution in [0.25, 0.3) is 5.70 Å². The number of benzene rings is 2. The van der Waals surface area contributed by atoms with Crippen molar-refractivity contribution in [3.63, 3.8) is 0 Å². The average Bonchev–Trinajstić information content (AvgIpc) is 3.78. The van der Waals surface area contributed by atoms with Crippen LogP contribution in [0, 0.1) is 13.8 Å². The molecule has 5 aliphatic rings. The predicted octanol–water partition coefficient (Wildman–Crippen LogP) is 8.75. The highest BCUT2D eigenvalue weighted by Gasteiger charge is 2.32. The predicted molar refractivity (Wildman–Crippen MR) is 206 cm³/mol. The second kappa shape index (κ2) is 13.1. The van der Waals surface area contributed by atoms with Gasteiger partial charge in [-0.3, -0.25) is 0 Å². The fourth-order valence-electron chi connectivity index (χ4n) is 7.39. The van der Waals surface area contributed by atoms with E-state index in [1.165, 1.54) is 56.2 Å². The smallest absolute Gasteiger partial charge is 0.239 e. The van der Waals surface area contributed by atoms with Gasteiger partial charge in [-0.1, -0.05) is 0 Å². The molecule has 0 bridgehead atoms. The number of guanidine groups is 2. The van der Waals surface area contributed by atoms with Crippen molar-refractivity contribution >= 4 is 64.2 Å². The van der Waals surface area contributed by atoms with E-state index in [0.717, 1.165) is 76.9 Å². The summed E-state index contributed by atoms with van der Waals surface area (Å²) in [4.78, 5) is 26.1. The van der Waals surface area contributed by atoms with Crippen molar-refractivity contribution in [3.8, 4) is 0 Å². The first-order valence-electron chi connectivity index (χ1n) is 18.0. The largest absolute Gasteiger partial charge is 0.448 e. The number of hydrogen-bond donors (Lipinski definition) is 2. The Bertz CT molecular complexity index is 2060. The number of piperidine rings is 2. The van der Waals surface area contributed by atoms with Gasteiger partial charge in [-0.2, -0.15) is 0 Å². The minimum atomic E-state index is 0.525. The van der Waals surface area contributed by atoms with Gasteiger partial charge in [0.1, 0.15) is 6.34 Å². The van der Waals surface area contributed by atoms with Crippen LogP contribution in [0.5, 0.6) is 0 Å². The van der Waals surface area contributed by atoms with E-state index < -0.39 is 0 Å². The first kappa shape index (κ1) is 31.2. The SMILES string of the molecule is Cc1ccoc1Nc1cc(N2CCCCC2)ccc1C1=CC2=CC(c3ccc(N4CCCCC4)cc3Nc3occc3C)=NC3=NC=NC(=N1)N23. The highest BCUT2D eigenvalue weighted by atomic mass is 16.3. The minimum absolute atomic E-state index is 0.525. The Balaban J connectivity index is 1.13. The van der Waals surface area contributed by atoms with Gasteiger partial charge in [0.25, 0.3) is 0 Å². The van der Waals surface area contributed by atoms with Crippen molar-refractivity contribution in [2.45, 2.75) is 52.4 Å². The van der Waals surface area contributed by atoms with Gasteiger partial charge in [0.15, 0.2) is 11.8 Å². The number of aliphatic imine (C=N–C) groups is 4. The zero-order chi connectivity index (χ0) is 34.3. The molecule has 5 aliphatic heterocycles. The lowest BCUT2D eigenvalue weighted by Gasteiger charge is -2.33. The normalized spacial score (nSPS) is 18.4. The van der Waals surface area contributed by atoms with Crippen LogP contribution >= 0.6 is 0 Å². The Morgan fingerprint density at radius 2 is 1.22 bits per heavy atom. The van der Waals surface area contributed by atoms with Crippen LogP contribution in [0.2, 0.25) is 0 Å². The molecule has 0 unspecified atom stereocenters. The van der Waals surface area contributed by atoms with Gasteiger partial charge < -0.3 is 29.3 Å². The second-order valence-corrected chi connectivity index (χ2v) is 13.7. The van der Waals surface area contributed by atoms with Crippen molar-refractivity contribution in [1.29, 1.82) is 0 Å². The molecule has 0 spiro atoms. The quantitative estimate of drug-likeness (QED) is 0.192. The van der Waals surface area contributed by atoms with Crippen LogP contribution in [0.15, 0.2) is 108 Å². The molecule has 0 saturated carbocycles. The summed E-state index contributed by atoms with van der Waals surface area (Å²) in [5.41, 5.74) is 10.6. The Morgan fingerprint density at radius 1 is 0.627 bits per heavy atom. The molecular formula is C40H41N9O2. The zero-order valence-electron chi connectivity index (χ0n) is 29.0. The number of allylic oxidation sites excluding steroid dienone is 2. The summed E-state index contributed by atoms with van der Waals surface area (Å²) < 4.78 is 11.7. The van der Waals surface area contributed by atoms with Gasteiger partial charge in [-0.15, -0.1) is 0 Å². The lowest BCUT2D eigenvalue weighted by atomic mass is 10.0. The number of aryl methyl sites for hydroxylation is 2. The molecule has 51 heavy (non-hydrogen) atoms. The molecule has 0 atom stereocenters. The van der Waals surface area contributed by atoms with Gasteiger partial charge >= 0.3 is 0 Å². The fraction of sp³-hybridized carbons (Fsp3) is 0.300. The third kappa shape index (κ3) is 6.02. The number of nitrogens with one attached hydrogen (secondary N) is 2. The molecule has 9 rings (SSSR count). The standard InChI is InChI=1S/C40H41N9O2/c1-26-13-19-50-37(26)43-33-21-28(47-15-5-3-6-16-47)9-11-31(33)35-23-30-24-36(46-40-42-25-41-39(45-35)49(30)40)32-12-10-29(48-17-7-4-8-18-48)22-34(32)44-38-27(2)14-20-51-38/h9-14,19-25,43-44H,3-8,15-18H2,1-2H3. The molecule has 7 heterocycles. The third-order valence-corrected chi connectivity index (χ3v) is 10.2. The van der Waals surface area contributed by atoms with E-state index in [4.69, 9.17) is 18.8 Å². The Kier molecular flexibility index (Phi) is 8.02. The fourth-order valence-corrected chi connectivity index (χ4v) is 7.39. The highest BCUT2D eigenvalue weighted by Crippen LogP contribution is 2.38. The van der Waals surface area contributed by atoms with Crippen LogP contribution in [0.4, 0.5) is 34.5 Å². The van der Waals surface area contributed by atoms with Crippen molar-refractivity contribution < 1.29 is 8.83 Å². The van der Waals surface area contributed by atoms with Gasteiger partial charge in [0.2, 0.25) is 11.9 Å². The molecule has 0 amide bonds. The molecule has 2 fully saturated rings.